The predicted molar refractivity (Wildman–Crippen MR) is 63.9 cm³/mol. The summed E-state index contributed by atoms with van der Waals surface area (Å²) in [7, 11) is 4.20. The summed E-state index contributed by atoms with van der Waals surface area (Å²) in [5.74, 6) is 1.14. The van der Waals surface area contributed by atoms with Gasteiger partial charge in [0.1, 0.15) is 5.76 Å². The van der Waals surface area contributed by atoms with E-state index >= 15 is 0 Å². The van der Waals surface area contributed by atoms with Crippen molar-refractivity contribution in [3.8, 4) is 0 Å². The topological polar surface area (TPSA) is 24.5 Å². The number of hydrogen-bond donors (Lipinski definition) is 1. The van der Waals surface area contributed by atoms with Crippen molar-refractivity contribution in [1.82, 2.24) is 10.2 Å². The normalized spacial score (nSPS) is 18.5. The summed E-state index contributed by atoms with van der Waals surface area (Å²) < 4.78 is 5.71. The molecule has 0 fully saturated rings. The molecule has 1 N–H and O–H groups in total. The van der Waals surface area contributed by atoms with Gasteiger partial charge in [0.15, 0.2) is 0 Å². The highest BCUT2D eigenvalue weighted by atomic mass is 16.5. The molecule has 0 spiro atoms. The molecule has 0 bridgehead atoms. The SMILES string of the molecule is CCCNC(CN(C)C)C1=CCCCO1. The lowest BCUT2D eigenvalue weighted by Crippen LogP contribution is -2.41. The summed E-state index contributed by atoms with van der Waals surface area (Å²) in [6, 6.07) is 0.361. The molecule has 0 aromatic carbocycles. The van der Waals surface area contributed by atoms with E-state index in [9.17, 15) is 0 Å². The lowest BCUT2D eigenvalue weighted by Gasteiger charge is -2.27. The van der Waals surface area contributed by atoms with Crippen LogP contribution in [0, 0.1) is 0 Å². The zero-order valence-corrected chi connectivity index (χ0v) is 10.3. The van der Waals surface area contributed by atoms with Crippen LogP contribution in [0.3, 0.4) is 0 Å². The summed E-state index contributed by atoms with van der Waals surface area (Å²) in [5, 5.41) is 3.54. The van der Waals surface area contributed by atoms with E-state index in [2.05, 4.69) is 37.3 Å². The minimum atomic E-state index is 0.361. The van der Waals surface area contributed by atoms with Gasteiger partial charge in [-0.25, -0.2) is 0 Å². The largest absolute Gasteiger partial charge is 0.497 e. The van der Waals surface area contributed by atoms with Crippen molar-refractivity contribution in [1.29, 1.82) is 0 Å². The standard InChI is InChI=1S/C12H24N2O/c1-4-8-13-11(10-14(2)3)12-7-5-6-9-15-12/h7,11,13H,4-6,8-10H2,1-3H3. The molecule has 0 aromatic rings. The van der Waals surface area contributed by atoms with E-state index in [0.717, 1.165) is 44.7 Å². The number of likely N-dealkylation sites (N-methyl/N-ethyl adjacent to an activating group) is 1. The van der Waals surface area contributed by atoms with Gasteiger partial charge in [0, 0.05) is 6.54 Å². The van der Waals surface area contributed by atoms with Gasteiger partial charge in [-0.3, -0.25) is 0 Å². The zero-order chi connectivity index (χ0) is 11.1. The molecule has 1 aliphatic heterocycles. The molecule has 15 heavy (non-hydrogen) atoms. The van der Waals surface area contributed by atoms with E-state index in [1.807, 2.05) is 0 Å². The van der Waals surface area contributed by atoms with Crippen molar-refractivity contribution in [2.24, 2.45) is 0 Å². The molecule has 88 valence electrons. The molecule has 0 aromatic heterocycles. The van der Waals surface area contributed by atoms with Crippen LogP contribution in [-0.4, -0.2) is 44.7 Å². The summed E-state index contributed by atoms with van der Waals surface area (Å²) >= 11 is 0. The average Bonchev–Trinajstić information content (AvgIpc) is 2.25. The Hall–Kier alpha value is -0.540. The van der Waals surface area contributed by atoms with E-state index in [1.54, 1.807) is 0 Å². The van der Waals surface area contributed by atoms with E-state index in [4.69, 9.17) is 4.74 Å². The second-order valence-electron chi connectivity index (χ2n) is 4.37. The summed E-state index contributed by atoms with van der Waals surface area (Å²) in [5.41, 5.74) is 0. The Morgan fingerprint density at radius 1 is 1.53 bits per heavy atom. The molecular formula is C12H24N2O. The Balaban J connectivity index is 2.49. The summed E-state index contributed by atoms with van der Waals surface area (Å²) in [4.78, 5) is 2.20. The van der Waals surface area contributed by atoms with Gasteiger partial charge in [-0.05, 0) is 46.0 Å². The van der Waals surface area contributed by atoms with Crippen LogP contribution in [0.2, 0.25) is 0 Å². The molecule has 3 heteroatoms. The Morgan fingerprint density at radius 2 is 2.33 bits per heavy atom. The molecule has 0 aliphatic carbocycles. The monoisotopic (exact) mass is 212 g/mol. The molecule has 0 amide bonds. The van der Waals surface area contributed by atoms with E-state index in [1.165, 1.54) is 0 Å². The van der Waals surface area contributed by atoms with Crippen LogP contribution in [0.15, 0.2) is 11.8 Å². The van der Waals surface area contributed by atoms with Crippen LogP contribution in [-0.2, 0) is 4.74 Å². The third-order valence-electron chi connectivity index (χ3n) is 2.49. The van der Waals surface area contributed by atoms with Gasteiger partial charge in [0.2, 0.25) is 0 Å². The molecule has 1 rings (SSSR count). The highest BCUT2D eigenvalue weighted by molar-refractivity contribution is 5.06. The van der Waals surface area contributed by atoms with Crippen molar-refractivity contribution in [3.63, 3.8) is 0 Å². The highest BCUT2D eigenvalue weighted by Crippen LogP contribution is 2.14. The maximum atomic E-state index is 5.71. The van der Waals surface area contributed by atoms with Crippen LogP contribution in [0.1, 0.15) is 26.2 Å². The maximum Gasteiger partial charge on any atom is 0.110 e. The lowest BCUT2D eigenvalue weighted by atomic mass is 10.1. The quantitative estimate of drug-likeness (QED) is 0.724. The van der Waals surface area contributed by atoms with Gasteiger partial charge in [-0.15, -0.1) is 0 Å². The number of nitrogens with one attached hydrogen (secondary N) is 1. The third kappa shape index (κ3) is 4.67. The predicted octanol–water partition coefficient (Wildman–Crippen LogP) is 1.61. The number of nitrogens with zero attached hydrogens (tertiary/aromatic N) is 1. The fourth-order valence-electron chi connectivity index (χ4n) is 1.76. The van der Waals surface area contributed by atoms with E-state index in [-0.39, 0.29) is 0 Å². The second kappa shape index (κ2) is 6.85. The van der Waals surface area contributed by atoms with Crippen LogP contribution in [0.25, 0.3) is 0 Å². The van der Waals surface area contributed by atoms with Gasteiger partial charge in [0.05, 0.1) is 12.6 Å². The van der Waals surface area contributed by atoms with Crippen LogP contribution in [0.5, 0.6) is 0 Å². The highest BCUT2D eigenvalue weighted by Gasteiger charge is 2.17. The summed E-state index contributed by atoms with van der Waals surface area (Å²) in [6.07, 6.45) is 5.72. The van der Waals surface area contributed by atoms with E-state index in [0.29, 0.717) is 6.04 Å². The molecule has 0 saturated carbocycles. The number of ether oxygens (including phenoxy) is 1. The first-order chi connectivity index (χ1) is 7.24. The first kappa shape index (κ1) is 12.5. The molecule has 0 radical (unpaired) electrons. The minimum absolute atomic E-state index is 0.361. The fraction of sp³-hybridized carbons (Fsp3) is 0.833. The zero-order valence-electron chi connectivity index (χ0n) is 10.3. The van der Waals surface area contributed by atoms with Gasteiger partial charge >= 0.3 is 0 Å². The van der Waals surface area contributed by atoms with Gasteiger partial charge < -0.3 is 15.0 Å². The van der Waals surface area contributed by atoms with Gasteiger partial charge in [0.25, 0.3) is 0 Å². The van der Waals surface area contributed by atoms with Gasteiger partial charge in [-0.2, -0.15) is 0 Å². The van der Waals surface area contributed by atoms with Crippen molar-refractivity contribution in [3.05, 3.63) is 11.8 Å². The van der Waals surface area contributed by atoms with Crippen molar-refractivity contribution < 1.29 is 4.74 Å². The second-order valence-corrected chi connectivity index (χ2v) is 4.37. The van der Waals surface area contributed by atoms with E-state index < -0.39 is 0 Å². The van der Waals surface area contributed by atoms with Crippen molar-refractivity contribution in [2.75, 3.05) is 33.8 Å². The Labute approximate surface area is 93.5 Å². The smallest absolute Gasteiger partial charge is 0.110 e. The molecule has 3 nitrogen and oxygen atoms in total. The minimum Gasteiger partial charge on any atom is -0.497 e. The van der Waals surface area contributed by atoms with Crippen molar-refractivity contribution in [2.45, 2.75) is 32.2 Å². The third-order valence-corrected chi connectivity index (χ3v) is 2.49. The van der Waals surface area contributed by atoms with Crippen LogP contribution >= 0.6 is 0 Å². The van der Waals surface area contributed by atoms with Gasteiger partial charge in [-0.1, -0.05) is 6.92 Å². The molecule has 0 saturated heterocycles. The lowest BCUT2D eigenvalue weighted by molar-refractivity contribution is 0.157. The fourth-order valence-corrected chi connectivity index (χ4v) is 1.76. The number of rotatable bonds is 6. The number of allylic oxidation sites excluding steroid dienone is 1. The molecular weight excluding hydrogens is 188 g/mol. The Morgan fingerprint density at radius 3 is 2.87 bits per heavy atom. The summed E-state index contributed by atoms with van der Waals surface area (Å²) in [6.45, 7) is 5.13. The first-order valence-electron chi connectivity index (χ1n) is 5.95. The number of hydrogen-bond acceptors (Lipinski definition) is 3. The maximum absolute atomic E-state index is 5.71. The molecule has 1 heterocycles. The van der Waals surface area contributed by atoms with Crippen LogP contribution in [0.4, 0.5) is 0 Å². The first-order valence-corrected chi connectivity index (χ1v) is 5.95. The van der Waals surface area contributed by atoms with Crippen molar-refractivity contribution >= 4 is 0 Å². The Bertz CT molecular complexity index is 202. The molecule has 1 aliphatic rings. The Kier molecular flexibility index (Phi) is 5.73. The van der Waals surface area contributed by atoms with Crippen LogP contribution < -0.4 is 5.32 Å². The average molecular weight is 212 g/mol. The molecule has 1 atom stereocenters. The molecule has 1 unspecified atom stereocenters.